The highest BCUT2D eigenvalue weighted by Gasteiger charge is 2.01. The van der Waals surface area contributed by atoms with E-state index in [2.05, 4.69) is 37.1 Å². The molecular formula is C13H22N2O. The first-order chi connectivity index (χ1) is 7.76. The van der Waals surface area contributed by atoms with Crippen LogP contribution in [0.2, 0.25) is 0 Å². The van der Waals surface area contributed by atoms with Crippen LogP contribution in [-0.4, -0.2) is 17.6 Å². The van der Waals surface area contributed by atoms with Gasteiger partial charge < -0.3 is 10.1 Å². The van der Waals surface area contributed by atoms with Crippen molar-refractivity contribution in [3.8, 4) is 0 Å². The lowest BCUT2D eigenvalue weighted by atomic mass is 10.3. The molecule has 0 spiro atoms. The number of anilines is 1. The van der Waals surface area contributed by atoms with Gasteiger partial charge in [-0.3, -0.25) is 4.98 Å². The molecule has 90 valence electrons. The van der Waals surface area contributed by atoms with Gasteiger partial charge in [-0.15, -0.1) is 0 Å². The van der Waals surface area contributed by atoms with Gasteiger partial charge in [0.05, 0.1) is 18.4 Å². The number of rotatable bonds is 7. The molecule has 1 aromatic rings. The predicted octanol–water partition coefficient (Wildman–Crippen LogP) is 3.22. The molecule has 0 amide bonds. The van der Waals surface area contributed by atoms with Gasteiger partial charge >= 0.3 is 0 Å². The van der Waals surface area contributed by atoms with Gasteiger partial charge in [-0.2, -0.15) is 0 Å². The van der Waals surface area contributed by atoms with Crippen molar-refractivity contribution in [2.24, 2.45) is 0 Å². The molecule has 1 unspecified atom stereocenters. The Morgan fingerprint density at radius 3 is 2.94 bits per heavy atom. The Balaban J connectivity index is 2.46. The second-order valence-electron chi connectivity index (χ2n) is 3.99. The molecule has 0 aliphatic heterocycles. The Hall–Kier alpha value is -1.09. The zero-order chi connectivity index (χ0) is 11.8. The minimum atomic E-state index is 0.300. The largest absolute Gasteiger partial charge is 0.385 e. The maximum Gasteiger partial charge on any atom is 0.0892 e. The van der Waals surface area contributed by atoms with Gasteiger partial charge in [-0.25, -0.2) is 0 Å². The van der Waals surface area contributed by atoms with Gasteiger partial charge in [0.1, 0.15) is 0 Å². The van der Waals surface area contributed by atoms with Crippen molar-refractivity contribution in [3.63, 3.8) is 0 Å². The summed E-state index contributed by atoms with van der Waals surface area (Å²) in [5.41, 5.74) is 2.11. The topological polar surface area (TPSA) is 34.2 Å². The third-order valence-corrected chi connectivity index (χ3v) is 2.49. The smallest absolute Gasteiger partial charge is 0.0892 e. The zero-order valence-electron chi connectivity index (χ0n) is 10.5. The molecule has 16 heavy (non-hydrogen) atoms. The number of aromatic nitrogens is 1. The Kier molecular flexibility index (Phi) is 5.86. The lowest BCUT2D eigenvalue weighted by molar-refractivity contribution is 0.0489. The highest BCUT2D eigenvalue weighted by atomic mass is 16.5. The summed E-state index contributed by atoms with van der Waals surface area (Å²) < 4.78 is 5.65. The van der Waals surface area contributed by atoms with E-state index >= 15 is 0 Å². The molecule has 0 radical (unpaired) electrons. The van der Waals surface area contributed by atoms with Crippen LogP contribution >= 0.6 is 0 Å². The lowest BCUT2D eigenvalue weighted by Gasteiger charge is -2.11. The van der Waals surface area contributed by atoms with Gasteiger partial charge in [0.25, 0.3) is 0 Å². The fourth-order valence-electron chi connectivity index (χ4n) is 1.28. The van der Waals surface area contributed by atoms with E-state index in [0.29, 0.717) is 12.7 Å². The van der Waals surface area contributed by atoms with Crippen LogP contribution in [0.25, 0.3) is 0 Å². The number of nitrogens with zero attached hydrogens (tertiary/aromatic N) is 1. The monoisotopic (exact) mass is 222 g/mol. The summed E-state index contributed by atoms with van der Waals surface area (Å²) in [4.78, 5) is 4.29. The van der Waals surface area contributed by atoms with Crippen LogP contribution in [0.5, 0.6) is 0 Å². The summed E-state index contributed by atoms with van der Waals surface area (Å²) in [6, 6.07) is 4.04. The minimum absolute atomic E-state index is 0.300. The normalized spacial score (nSPS) is 12.4. The first kappa shape index (κ1) is 13.0. The van der Waals surface area contributed by atoms with E-state index in [9.17, 15) is 0 Å². The van der Waals surface area contributed by atoms with E-state index in [1.165, 1.54) is 0 Å². The van der Waals surface area contributed by atoms with E-state index in [4.69, 9.17) is 4.74 Å². The molecule has 1 aromatic heterocycles. The maximum atomic E-state index is 5.65. The predicted molar refractivity (Wildman–Crippen MR) is 67.6 cm³/mol. The second kappa shape index (κ2) is 7.23. The standard InChI is InChI=1S/C13H22N2O/c1-4-7-14-12-6-8-15-13(9-12)10-16-11(3)5-2/h6,8-9,11H,4-5,7,10H2,1-3H3,(H,14,15). The van der Waals surface area contributed by atoms with Gasteiger partial charge in [0, 0.05) is 18.4 Å². The molecule has 1 heterocycles. The summed E-state index contributed by atoms with van der Waals surface area (Å²) >= 11 is 0. The summed E-state index contributed by atoms with van der Waals surface area (Å²) in [5, 5.41) is 3.34. The van der Waals surface area contributed by atoms with Gasteiger partial charge in [0.2, 0.25) is 0 Å². The van der Waals surface area contributed by atoms with Crippen LogP contribution in [0.3, 0.4) is 0 Å². The molecule has 3 nitrogen and oxygen atoms in total. The van der Waals surface area contributed by atoms with Gasteiger partial charge in [-0.05, 0) is 31.9 Å². The van der Waals surface area contributed by atoms with Crippen molar-refractivity contribution in [2.75, 3.05) is 11.9 Å². The first-order valence-electron chi connectivity index (χ1n) is 6.06. The van der Waals surface area contributed by atoms with Crippen LogP contribution in [-0.2, 0) is 11.3 Å². The molecule has 0 saturated heterocycles. The Labute approximate surface area is 98.2 Å². The maximum absolute atomic E-state index is 5.65. The Morgan fingerprint density at radius 2 is 2.25 bits per heavy atom. The van der Waals surface area contributed by atoms with E-state index in [1.807, 2.05) is 12.3 Å². The van der Waals surface area contributed by atoms with Crippen LogP contribution in [0.4, 0.5) is 5.69 Å². The number of pyridine rings is 1. The molecule has 1 N–H and O–H groups in total. The van der Waals surface area contributed by atoms with E-state index < -0.39 is 0 Å². The summed E-state index contributed by atoms with van der Waals surface area (Å²) in [5.74, 6) is 0. The van der Waals surface area contributed by atoms with Crippen molar-refractivity contribution >= 4 is 5.69 Å². The Morgan fingerprint density at radius 1 is 1.44 bits per heavy atom. The number of hydrogen-bond acceptors (Lipinski definition) is 3. The third-order valence-electron chi connectivity index (χ3n) is 2.49. The minimum Gasteiger partial charge on any atom is -0.385 e. The fourth-order valence-corrected chi connectivity index (χ4v) is 1.28. The van der Waals surface area contributed by atoms with Crippen molar-refractivity contribution in [2.45, 2.75) is 46.3 Å². The van der Waals surface area contributed by atoms with Crippen LogP contribution < -0.4 is 5.32 Å². The molecule has 1 atom stereocenters. The number of hydrogen-bond donors (Lipinski definition) is 1. The van der Waals surface area contributed by atoms with Crippen LogP contribution in [0.1, 0.15) is 39.3 Å². The highest BCUT2D eigenvalue weighted by molar-refractivity contribution is 5.42. The third kappa shape index (κ3) is 4.62. The Bertz CT molecular complexity index is 302. The molecular weight excluding hydrogens is 200 g/mol. The molecule has 0 aromatic carbocycles. The fraction of sp³-hybridized carbons (Fsp3) is 0.615. The quantitative estimate of drug-likeness (QED) is 0.769. The number of nitrogens with one attached hydrogen (secondary N) is 1. The second-order valence-corrected chi connectivity index (χ2v) is 3.99. The van der Waals surface area contributed by atoms with Crippen molar-refractivity contribution in [1.29, 1.82) is 0 Å². The molecule has 1 rings (SSSR count). The van der Waals surface area contributed by atoms with Gasteiger partial charge in [0.15, 0.2) is 0 Å². The van der Waals surface area contributed by atoms with Crippen molar-refractivity contribution in [1.82, 2.24) is 4.98 Å². The molecule has 0 fully saturated rings. The summed E-state index contributed by atoms with van der Waals surface area (Å²) in [6.07, 6.45) is 4.29. The SMILES string of the molecule is CCCNc1ccnc(COC(C)CC)c1. The molecule has 0 aliphatic carbocycles. The van der Waals surface area contributed by atoms with E-state index in [-0.39, 0.29) is 0 Å². The van der Waals surface area contributed by atoms with Crippen molar-refractivity contribution in [3.05, 3.63) is 24.0 Å². The molecule has 0 aliphatic rings. The average Bonchev–Trinajstić information content (AvgIpc) is 2.34. The molecule has 0 bridgehead atoms. The van der Waals surface area contributed by atoms with Crippen LogP contribution in [0.15, 0.2) is 18.3 Å². The van der Waals surface area contributed by atoms with E-state index in [1.54, 1.807) is 0 Å². The van der Waals surface area contributed by atoms with E-state index in [0.717, 1.165) is 30.8 Å². The first-order valence-corrected chi connectivity index (χ1v) is 6.06. The zero-order valence-corrected chi connectivity index (χ0v) is 10.5. The molecule has 3 heteroatoms. The summed E-state index contributed by atoms with van der Waals surface area (Å²) in [7, 11) is 0. The highest BCUT2D eigenvalue weighted by Crippen LogP contribution is 2.10. The average molecular weight is 222 g/mol. The van der Waals surface area contributed by atoms with Crippen LogP contribution in [0, 0.1) is 0 Å². The molecule has 0 saturated carbocycles. The number of ether oxygens (including phenoxy) is 1. The lowest BCUT2D eigenvalue weighted by Crippen LogP contribution is -2.07. The summed E-state index contributed by atoms with van der Waals surface area (Å²) in [6.45, 7) is 7.95. The van der Waals surface area contributed by atoms with Crippen molar-refractivity contribution < 1.29 is 4.74 Å². The van der Waals surface area contributed by atoms with Gasteiger partial charge in [-0.1, -0.05) is 13.8 Å².